The molecule has 0 unspecified atom stereocenters. The molecule has 2 rings (SSSR count). The van der Waals surface area contributed by atoms with Gasteiger partial charge in [-0.1, -0.05) is 13.8 Å². The molecule has 4 nitrogen and oxygen atoms in total. The second-order valence-corrected chi connectivity index (χ2v) is 7.17. The van der Waals surface area contributed by atoms with Crippen LogP contribution in [0.5, 0.6) is 0 Å². The Bertz CT molecular complexity index is 456. The third kappa shape index (κ3) is 3.52. The van der Waals surface area contributed by atoms with Gasteiger partial charge >= 0.3 is 0 Å². The Hall–Kier alpha value is -1.07. The lowest BCUT2D eigenvalue weighted by Gasteiger charge is -2.32. The predicted molar refractivity (Wildman–Crippen MR) is 81.8 cm³/mol. The summed E-state index contributed by atoms with van der Waals surface area (Å²) in [5.41, 5.74) is -0.239. The summed E-state index contributed by atoms with van der Waals surface area (Å²) in [6, 6.07) is 3.91. The molecule has 0 aromatic carbocycles. The average Bonchev–Trinajstić information content (AvgIpc) is 2.46. The molecule has 2 N–H and O–H groups in total. The summed E-state index contributed by atoms with van der Waals surface area (Å²) in [7, 11) is 0. The maximum absolute atomic E-state index is 12.2. The van der Waals surface area contributed by atoms with Gasteiger partial charge < -0.3 is 10.4 Å². The Morgan fingerprint density at radius 3 is 2.60 bits per heavy atom. The average molecular weight is 294 g/mol. The minimum absolute atomic E-state index is 0.182. The van der Waals surface area contributed by atoms with Crippen LogP contribution < -0.4 is 5.32 Å². The van der Waals surface area contributed by atoms with Crippen LogP contribution in [0, 0.1) is 0 Å². The Morgan fingerprint density at radius 2 is 2.00 bits per heavy atom. The number of rotatable bonds is 4. The fourth-order valence-corrected chi connectivity index (χ4v) is 3.48. The second kappa shape index (κ2) is 6.14. The number of aliphatic hydroxyl groups is 1. The van der Waals surface area contributed by atoms with E-state index >= 15 is 0 Å². The highest BCUT2D eigenvalue weighted by Gasteiger charge is 2.38. The van der Waals surface area contributed by atoms with Crippen molar-refractivity contribution in [1.29, 1.82) is 0 Å². The van der Waals surface area contributed by atoms with Crippen LogP contribution in [0.4, 0.5) is 0 Å². The first-order chi connectivity index (χ1) is 9.44. The molecule has 0 spiro atoms. The minimum Gasteiger partial charge on any atom is -0.380 e. The van der Waals surface area contributed by atoms with Gasteiger partial charge in [-0.05, 0) is 42.0 Å². The van der Waals surface area contributed by atoms with Crippen molar-refractivity contribution in [1.82, 2.24) is 10.3 Å². The predicted octanol–water partition coefficient (Wildman–Crippen LogP) is 1.73. The van der Waals surface area contributed by atoms with Crippen LogP contribution in [0.2, 0.25) is 0 Å². The first-order valence-electron chi connectivity index (χ1n) is 6.93. The van der Waals surface area contributed by atoms with Crippen LogP contribution in [0.25, 0.3) is 0 Å². The van der Waals surface area contributed by atoms with E-state index in [2.05, 4.69) is 24.1 Å². The van der Waals surface area contributed by atoms with E-state index in [1.807, 2.05) is 12.1 Å². The quantitative estimate of drug-likeness (QED) is 0.888. The fourth-order valence-electron chi connectivity index (χ4n) is 2.31. The topological polar surface area (TPSA) is 62.2 Å². The fraction of sp³-hybridized carbons (Fsp3) is 0.600. The highest BCUT2D eigenvalue weighted by atomic mass is 32.2. The third-order valence-corrected chi connectivity index (χ3v) is 4.88. The molecule has 110 valence electrons. The third-order valence-electron chi connectivity index (χ3n) is 3.90. The van der Waals surface area contributed by atoms with Crippen LogP contribution in [-0.4, -0.2) is 39.6 Å². The van der Waals surface area contributed by atoms with Crippen LogP contribution >= 0.6 is 11.8 Å². The molecule has 0 aliphatic carbocycles. The molecule has 1 aromatic rings. The highest BCUT2D eigenvalue weighted by Crippen LogP contribution is 2.28. The molecule has 0 saturated carbocycles. The van der Waals surface area contributed by atoms with Gasteiger partial charge in [0.1, 0.15) is 5.60 Å². The summed E-state index contributed by atoms with van der Waals surface area (Å²) in [6.45, 7) is 4.65. The Labute approximate surface area is 124 Å². The number of nitrogens with zero attached hydrogens (tertiary/aromatic N) is 1. The lowest BCUT2D eigenvalue weighted by atomic mass is 9.85. The summed E-state index contributed by atoms with van der Waals surface area (Å²) in [5.74, 6) is 1.45. The maximum Gasteiger partial charge on any atom is 0.252 e. The van der Waals surface area contributed by atoms with E-state index in [1.165, 1.54) is 0 Å². The van der Waals surface area contributed by atoms with E-state index in [4.69, 9.17) is 0 Å². The van der Waals surface area contributed by atoms with E-state index in [0.717, 1.165) is 17.1 Å². The first kappa shape index (κ1) is 15.3. The number of carbonyl (C=O) groups is 1. The van der Waals surface area contributed by atoms with Crippen LogP contribution in [0.3, 0.4) is 0 Å². The summed E-state index contributed by atoms with van der Waals surface area (Å²) in [6.07, 6.45) is 4.59. The van der Waals surface area contributed by atoms with E-state index in [0.29, 0.717) is 19.4 Å². The Balaban J connectivity index is 1.96. The van der Waals surface area contributed by atoms with Crippen molar-refractivity contribution in [2.45, 2.75) is 37.7 Å². The van der Waals surface area contributed by atoms with Gasteiger partial charge in [-0.2, -0.15) is 11.8 Å². The summed E-state index contributed by atoms with van der Waals surface area (Å²) >= 11 is 1.79. The molecule has 1 amide bonds. The van der Waals surface area contributed by atoms with Crippen molar-refractivity contribution in [3.63, 3.8) is 0 Å². The van der Waals surface area contributed by atoms with Crippen molar-refractivity contribution in [3.8, 4) is 0 Å². The van der Waals surface area contributed by atoms with Gasteiger partial charge in [-0.3, -0.25) is 9.78 Å². The lowest BCUT2D eigenvalue weighted by molar-refractivity contribution is -0.140. The Morgan fingerprint density at radius 1 is 1.40 bits per heavy atom. The molecule has 1 aliphatic rings. The number of carbonyl (C=O) groups excluding carboxylic acids is 1. The molecule has 5 heteroatoms. The van der Waals surface area contributed by atoms with Gasteiger partial charge in [-0.15, -0.1) is 0 Å². The molecule has 1 aromatic heterocycles. The molecule has 1 fully saturated rings. The molecule has 1 aliphatic heterocycles. The van der Waals surface area contributed by atoms with Gasteiger partial charge in [0.15, 0.2) is 0 Å². The second-order valence-electron chi connectivity index (χ2n) is 5.95. The number of nitrogens with one attached hydrogen (secondary N) is 1. The van der Waals surface area contributed by atoms with E-state index in [1.54, 1.807) is 24.2 Å². The number of amides is 1. The van der Waals surface area contributed by atoms with Gasteiger partial charge in [-0.25, -0.2) is 0 Å². The van der Waals surface area contributed by atoms with Crippen molar-refractivity contribution < 1.29 is 9.90 Å². The first-order valence-corrected chi connectivity index (χ1v) is 8.08. The van der Waals surface area contributed by atoms with Gasteiger partial charge in [0.2, 0.25) is 0 Å². The smallest absolute Gasteiger partial charge is 0.252 e. The number of pyridine rings is 1. The standard InChI is InChI=1S/C15H22N2O2S/c1-14(2,12-3-7-16-8-4-12)11-17-13(18)15(19)5-9-20-10-6-15/h3-4,7-8,19H,5-6,9-11H2,1-2H3,(H,17,18). The number of aromatic nitrogens is 1. The normalized spacial score (nSPS) is 18.6. The van der Waals surface area contributed by atoms with Crippen LogP contribution in [0.15, 0.2) is 24.5 Å². The number of thioether (sulfide) groups is 1. The number of hydrogen-bond acceptors (Lipinski definition) is 4. The number of hydrogen-bond donors (Lipinski definition) is 2. The Kier molecular flexibility index (Phi) is 4.70. The van der Waals surface area contributed by atoms with E-state index < -0.39 is 5.60 Å². The van der Waals surface area contributed by atoms with Crippen molar-refractivity contribution in [2.24, 2.45) is 0 Å². The van der Waals surface area contributed by atoms with Crippen molar-refractivity contribution in [2.75, 3.05) is 18.1 Å². The molecule has 0 radical (unpaired) electrons. The van der Waals surface area contributed by atoms with E-state index in [9.17, 15) is 9.90 Å². The summed E-state index contributed by atoms with van der Waals surface area (Å²) < 4.78 is 0. The largest absolute Gasteiger partial charge is 0.380 e. The molecule has 1 saturated heterocycles. The molecular formula is C15H22N2O2S. The zero-order valence-corrected chi connectivity index (χ0v) is 12.9. The monoisotopic (exact) mass is 294 g/mol. The highest BCUT2D eigenvalue weighted by molar-refractivity contribution is 7.99. The summed E-state index contributed by atoms with van der Waals surface area (Å²) in [4.78, 5) is 16.2. The maximum atomic E-state index is 12.2. The SMILES string of the molecule is CC(C)(CNC(=O)C1(O)CCSCC1)c1ccncc1. The van der Waals surface area contributed by atoms with Crippen molar-refractivity contribution >= 4 is 17.7 Å². The van der Waals surface area contributed by atoms with Crippen LogP contribution in [-0.2, 0) is 10.2 Å². The molecule has 2 heterocycles. The van der Waals surface area contributed by atoms with Crippen molar-refractivity contribution in [3.05, 3.63) is 30.1 Å². The molecule has 20 heavy (non-hydrogen) atoms. The van der Waals surface area contributed by atoms with Gasteiger partial charge in [0.05, 0.1) is 0 Å². The zero-order chi connectivity index (χ0) is 14.6. The summed E-state index contributed by atoms with van der Waals surface area (Å²) in [5, 5.41) is 13.3. The lowest BCUT2D eigenvalue weighted by Crippen LogP contribution is -2.51. The van der Waals surface area contributed by atoms with Gasteiger partial charge in [0, 0.05) is 24.4 Å². The van der Waals surface area contributed by atoms with Gasteiger partial charge in [0.25, 0.3) is 5.91 Å². The minimum atomic E-state index is -1.18. The zero-order valence-electron chi connectivity index (χ0n) is 12.1. The van der Waals surface area contributed by atoms with E-state index in [-0.39, 0.29) is 11.3 Å². The molecule has 0 atom stereocenters. The molecular weight excluding hydrogens is 272 g/mol. The van der Waals surface area contributed by atoms with Crippen LogP contribution in [0.1, 0.15) is 32.3 Å². The molecule has 0 bridgehead atoms.